The quantitative estimate of drug-likeness (QED) is 0.0976. The number of rotatable bonds is 11. The van der Waals surface area contributed by atoms with Crippen molar-refractivity contribution in [2.24, 2.45) is 22.7 Å². The van der Waals surface area contributed by atoms with Gasteiger partial charge in [0.15, 0.2) is 0 Å². The SMILES string of the molecule is C.CCc1cnc2sc(C(=O)NCCc3ccc(N4CC5CC6CCC65C4)cc3)c(N)c2n1.Cc1cnc2c(N)c(C(=O)NC[C@@H](C)c3cc(F)c(N4CC5OC6CCCC65C4)cc3F)sc2n1. The number of benzene rings is 2. The Morgan fingerprint density at radius 3 is 2.34 bits per heavy atom. The molecule has 2 amide bonds. The van der Waals surface area contributed by atoms with E-state index in [-0.39, 0.29) is 60.3 Å². The highest BCUT2D eigenvalue weighted by molar-refractivity contribution is 7.21. The van der Waals surface area contributed by atoms with Crippen molar-refractivity contribution in [3.63, 3.8) is 0 Å². The van der Waals surface area contributed by atoms with Crippen molar-refractivity contribution in [3.8, 4) is 0 Å². The van der Waals surface area contributed by atoms with Crippen LogP contribution in [0.4, 0.5) is 31.5 Å². The van der Waals surface area contributed by atoms with Gasteiger partial charge in [0.25, 0.3) is 11.8 Å². The molecule has 3 saturated heterocycles. The lowest BCUT2D eigenvalue weighted by molar-refractivity contribution is -0.205. The second-order valence-electron chi connectivity index (χ2n) is 19.7. The number of aryl methyl sites for hydroxylation is 2. The van der Waals surface area contributed by atoms with Crippen molar-refractivity contribution in [2.45, 2.75) is 97.7 Å². The maximum Gasteiger partial charge on any atom is 0.263 e. The second-order valence-corrected chi connectivity index (χ2v) is 21.7. The van der Waals surface area contributed by atoms with Crippen LogP contribution in [0.3, 0.4) is 0 Å². The highest BCUT2D eigenvalue weighted by Gasteiger charge is 2.65. The van der Waals surface area contributed by atoms with Gasteiger partial charge in [0.1, 0.15) is 42.1 Å². The molecule has 3 saturated carbocycles. The minimum absolute atomic E-state index is 0. The molecule has 6 fully saturated rings. The largest absolute Gasteiger partial charge is 0.396 e. The fourth-order valence-electron chi connectivity index (χ4n) is 12.0. The number of halogens is 2. The number of amides is 2. The van der Waals surface area contributed by atoms with Gasteiger partial charge in [-0.2, -0.15) is 0 Å². The van der Waals surface area contributed by atoms with E-state index in [1.165, 1.54) is 78.4 Å². The molecule has 358 valence electrons. The van der Waals surface area contributed by atoms with E-state index in [0.29, 0.717) is 61.2 Å². The molecular weight excluding hydrogens is 903 g/mol. The summed E-state index contributed by atoms with van der Waals surface area (Å²) in [6.45, 7) is 10.1. The summed E-state index contributed by atoms with van der Waals surface area (Å²) in [5, 5.41) is 5.80. The van der Waals surface area contributed by atoms with Gasteiger partial charge in [-0.3, -0.25) is 9.59 Å². The van der Waals surface area contributed by atoms with Crippen LogP contribution in [-0.2, 0) is 17.6 Å². The number of nitrogen functional groups attached to an aromatic ring is 2. The predicted molar refractivity (Wildman–Crippen MR) is 267 cm³/mol. The average molecular weight is 963 g/mol. The van der Waals surface area contributed by atoms with Gasteiger partial charge in [-0.15, -0.1) is 22.7 Å². The van der Waals surface area contributed by atoms with E-state index >= 15 is 8.78 Å². The smallest absolute Gasteiger partial charge is 0.263 e. The summed E-state index contributed by atoms with van der Waals surface area (Å²) in [5.74, 6) is 0.0396. The second kappa shape index (κ2) is 17.8. The Kier molecular flexibility index (Phi) is 12.1. The molecule has 6 unspecified atom stereocenters. The van der Waals surface area contributed by atoms with Gasteiger partial charge in [0.2, 0.25) is 0 Å². The normalized spacial score (nSPS) is 25.4. The zero-order chi connectivity index (χ0) is 46.4. The number of hydrogen-bond donors (Lipinski definition) is 4. The molecule has 68 heavy (non-hydrogen) atoms. The summed E-state index contributed by atoms with van der Waals surface area (Å²) >= 11 is 2.47. The number of anilines is 4. The van der Waals surface area contributed by atoms with Crippen molar-refractivity contribution in [1.29, 1.82) is 0 Å². The highest BCUT2D eigenvalue weighted by Crippen LogP contribution is 2.68. The number of nitrogens with one attached hydrogen (secondary N) is 2. The van der Waals surface area contributed by atoms with E-state index in [1.54, 1.807) is 19.3 Å². The van der Waals surface area contributed by atoms with Gasteiger partial charge < -0.3 is 36.6 Å². The fraction of sp³-hybridized carbons (Fsp3) is 0.490. The molecule has 6 aliphatic rings. The lowest BCUT2D eigenvalue weighted by Crippen LogP contribution is -2.55. The Hall–Kier alpha value is -5.52. The summed E-state index contributed by atoms with van der Waals surface area (Å²) in [6, 6.07) is 11.4. The first-order chi connectivity index (χ1) is 32.3. The van der Waals surface area contributed by atoms with Gasteiger partial charge in [-0.1, -0.05) is 39.8 Å². The number of thiophene rings is 2. The Labute approximate surface area is 403 Å². The molecule has 13 nitrogen and oxygen atoms in total. The third kappa shape index (κ3) is 7.72. The number of carbonyl (C=O) groups is 2. The number of nitrogens with zero attached hydrogens (tertiary/aromatic N) is 6. The minimum Gasteiger partial charge on any atom is -0.396 e. The van der Waals surface area contributed by atoms with Crippen LogP contribution in [0.5, 0.6) is 0 Å². The molecule has 12 rings (SSSR count). The van der Waals surface area contributed by atoms with Crippen LogP contribution in [0, 0.1) is 41.2 Å². The van der Waals surface area contributed by atoms with Crippen molar-refractivity contribution in [2.75, 3.05) is 60.5 Å². The van der Waals surface area contributed by atoms with Crippen LogP contribution in [0.15, 0.2) is 48.8 Å². The molecule has 6 N–H and O–H groups in total. The molecule has 7 heterocycles. The van der Waals surface area contributed by atoms with E-state index in [4.69, 9.17) is 16.2 Å². The van der Waals surface area contributed by atoms with E-state index in [9.17, 15) is 9.59 Å². The molecule has 2 spiro atoms. The molecule has 2 aromatic carbocycles. The summed E-state index contributed by atoms with van der Waals surface area (Å²) < 4.78 is 36.3. The molecule has 3 aliphatic carbocycles. The molecule has 0 radical (unpaired) electrons. The van der Waals surface area contributed by atoms with Crippen LogP contribution in [0.25, 0.3) is 20.7 Å². The van der Waals surface area contributed by atoms with Gasteiger partial charge in [-0.05, 0) is 98.4 Å². The molecular formula is C51H60F2N10O3S2. The first kappa shape index (κ1) is 46.2. The van der Waals surface area contributed by atoms with E-state index in [0.717, 1.165) is 55.3 Å². The molecule has 3 aliphatic heterocycles. The molecule has 4 aromatic heterocycles. The fourth-order valence-corrected chi connectivity index (χ4v) is 13.9. The Morgan fingerprint density at radius 1 is 0.868 bits per heavy atom. The Morgan fingerprint density at radius 2 is 1.62 bits per heavy atom. The van der Waals surface area contributed by atoms with Crippen molar-refractivity contribution >= 4 is 77.9 Å². The number of aromatic nitrogens is 4. The van der Waals surface area contributed by atoms with Crippen LogP contribution in [0.2, 0.25) is 0 Å². The topological polar surface area (TPSA) is 178 Å². The number of ether oxygens (including phenoxy) is 1. The zero-order valence-corrected chi connectivity index (χ0v) is 39.7. The van der Waals surface area contributed by atoms with Gasteiger partial charge in [-0.25, -0.2) is 28.7 Å². The molecule has 7 atom stereocenters. The van der Waals surface area contributed by atoms with Crippen LogP contribution >= 0.6 is 22.7 Å². The summed E-state index contributed by atoms with van der Waals surface area (Å²) in [4.78, 5) is 49.7. The third-order valence-corrected chi connectivity index (χ3v) is 18.2. The van der Waals surface area contributed by atoms with Gasteiger partial charge >= 0.3 is 0 Å². The van der Waals surface area contributed by atoms with Crippen LogP contribution in [-0.4, -0.2) is 83.2 Å². The average Bonchev–Trinajstić information content (AvgIpc) is 4.11. The maximum absolute atomic E-state index is 15.2. The lowest BCUT2D eigenvalue weighted by atomic mass is 9.43. The zero-order valence-electron chi connectivity index (χ0n) is 38.0. The van der Waals surface area contributed by atoms with Crippen molar-refractivity contribution < 1.29 is 23.1 Å². The van der Waals surface area contributed by atoms with E-state index in [1.807, 2.05) is 18.7 Å². The number of fused-ring (bicyclic) bond motifs is 2. The third-order valence-electron chi connectivity index (χ3n) is 16.0. The maximum atomic E-state index is 15.2. The summed E-state index contributed by atoms with van der Waals surface area (Å²) in [6.07, 6.45) is 12.9. The standard InChI is InChI=1S/C25H27F2N5O2S.C25H29N5OS.CH4/c1-12(8-30-23(33)22-20(28)21-24(35-22)31-13(2)9-29-21)14-6-16(27)17(7-15(14)26)32-10-19-25(11-32)5-3-4-18(25)34-19;1-2-18-12-28-24-21(29-18)20(26)22(32-24)23(31)27-10-8-15-3-5-19(6-4-15)30-13-17-11-16-7-9-25(16,17)14-30;/h6-7,9,12,18-19H,3-5,8,10-11,28H2,1-2H3,(H,30,33);3-6,12,16-17H,2,7-11,13-14,26H2,1H3,(H,27,31);1H4/t12-,18?,19?,25?;;/m1../s1. The number of hydrogen-bond acceptors (Lipinski definition) is 13. The van der Waals surface area contributed by atoms with Crippen LogP contribution in [0.1, 0.15) is 108 Å². The lowest BCUT2D eigenvalue weighted by Gasteiger charge is -2.60. The Bertz CT molecular complexity index is 2930. The predicted octanol–water partition coefficient (Wildman–Crippen LogP) is 8.83. The summed E-state index contributed by atoms with van der Waals surface area (Å²) in [7, 11) is 0. The minimum atomic E-state index is -0.478. The molecule has 17 heteroatoms. The van der Waals surface area contributed by atoms with Crippen LogP contribution < -0.4 is 31.9 Å². The summed E-state index contributed by atoms with van der Waals surface area (Å²) in [5.41, 5.74) is 19.6. The Balaban J connectivity index is 0.000000157. The van der Waals surface area contributed by atoms with Crippen molar-refractivity contribution in [3.05, 3.63) is 92.7 Å². The van der Waals surface area contributed by atoms with E-state index in [2.05, 4.69) is 59.7 Å². The van der Waals surface area contributed by atoms with E-state index < -0.39 is 17.6 Å². The van der Waals surface area contributed by atoms with Gasteiger partial charge in [0, 0.05) is 68.6 Å². The highest BCUT2D eigenvalue weighted by atomic mass is 32.1. The first-order valence-electron chi connectivity index (χ1n) is 23.7. The number of nitrogens with two attached hydrogens (primary N) is 2. The molecule has 0 bridgehead atoms. The molecule has 6 aromatic rings. The number of carbonyl (C=O) groups excluding carboxylic acids is 2. The monoisotopic (exact) mass is 962 g/mol. The first-order valence-corrected chi connectivity index (χ1v) is 25.3. The van der Waals surface area contributed by atoms with Gasteiger partial charge in [0.05, 0.1) is 46.9 Å². The van der Waals surface area contributed by atoms with Crippen molar-refractivity contribution in [1.82, 2.24) is 30.6 Å².